The number of nitrogens with one attached hydrogen (secondary N) is 1. The average Bonchev–Trinajstić information content (AvgIpc) is 3.01. The first-order chi connectivity index (χ1) is 11.0. The van der Waals surface area contributed by atoms with E-state index in [9.17, 15) is 9.59 Å². The van der Waals surface area contributed by atoms with Crippen molar-refractivity contribution >= 4 is 34.8 Å². The van der Waals surface area contributed by atoms with E-state index in [-0.39, 0.29) is 24.1 Å². The molecular formula is C15H13ClN2O4S. The van der Waals surface area contributed by atoms with Crippen molar-refractivity contribution < 1.29 is 19.4 Å². The highest BCUT2D eigenvalue weighted by Crippen LogP contribution is 2.29. The van der Waals surface area contributed by atoms with Crippen molar-refractivity contribution in [3.05, 3.63) is 44.9 Å². The molecule has 1 aromatic carbocycles. The van der Waals surface area contributed by atoms with Crippen molar-refractivity contribution in [2.24, 2.45) is 5.92 Å². The lowest BCUT2D eigenvalue weighted by Crippen LogP contribution is -2.37. The zero-order chi connectivity index (χ0) is 16.4. The number of hydrogen-bond donors (Lipinski definition) is 2. The Morgan fingerprint density at radius 2 is 2.30 bits per heavy atom. The number of carbonyl (C=O) groups is 2. The second-order valence-electron chi connectivity index (χ2n) is 5.11. The fourth-order valence-corrected chi connectivity index (χ4v) is 3.23. The number of benzene rings is 1. The van der Waals surface area contributed by atoms with Crippen LogP contribution in [0.2, 0.25) is 5.02 Å². The molecule has 1 unspecified atom stereocenters. The third-order valence-electron chi connectivity index (χ3n) is 3.48. The first-order valence-electron chi connectivity index (χ1n) is 6.89. The van der Waals surface area contributed by atoms with Crippen molar-refractivity contribution in [1.82, 2.24) is 10.3 Å². The molecule has 1 atom stereocenters. The van der Waals surface area contributed by atoms with Crippen LogP contribution in [-0.4, -0.2) is 28.6 Å². The van der Waals surface area contributed by atoms with Crippen LogP contribution >= 0.6 is 22.9 Å². The molecule has 3 rings (SSSR count). The maximum atomic E-state index is 12.2. The topological polar surface area (TPSA) is 88.5 Å². The molecule has 0 saturated carbocycles. The Kier molecular flexibility index (Phi) is 4.49. The number of ether oxygens (including phenoxy) is 1. The molecule has 2 heterocycles. The molecule has 0 spiro atoms. The average molecular weight is 353 g/mol. The molecule has 8 heteroatoms. The molecule has 1 aliphatic heterocycles. The van der Waals surface area contributed by atoms with Gasteiger partial charge in [-0.05, 0) is 30.2 Å². The van der Waals surface area contributed by atoms with Crippen LogP contribution in [0.1, 0.15) is 21.1 Å². The molecular weight excluding hydrogens is 340 g/mol. The minimum absolute atomic E-state index is 0.0104. The summed E-state index contributed by atoms with van der Waals surface area (Å²) in [6, 6.07) is 5.36. The molecule has 0 bridgehead atoms. The number of amides is 1. The van der Waals surface area contributed by atoms with Gasteiger partial charge >= 0.3 is 5.97 Å². The van der Waals surface area contributed by atoms with Crippen LogP contribution in [0.5, 0.6) is 5.75 Å². The van der Waals surface area contributed by atoms with Gasteiger partial charge in [0.15, 0.2) is 5.69 Å². The Balaban J connectivity index is 1.59. The van der Waals surface area contributed by atoms with Crippen LogP contribution in [-0.2, 0) is 17.8 Å². The molecule has 1 aromatic heterocycles. The van der Waals surface area contributed by atoms with Crippen LogP contribution < -0.4 is 10.1 Å². The summed E-state index contributed by atoms with van der Waals surface area (Å²) >= 11 is 7.16. The maximum absolute atomic E-state index is 12.2. The van der Waals surface area contributed by atoms with Gasteiger partial charge < -0.3 is 15.2 Å². The Bertz CT molecular complexity index is 762. The van der Waals surface area contributed by atoms with Gasteiger partial charge in [0, 0.05) is 10.4 Å². The van der Waals surface area contributed by atoms with Gasteiger partial charge in [-0.1, -0.05) is 11.6 Å². The second kappa shape index (κ2) is 6.55. The quantitative estimate of drug-likeness (QED) is 0.881. The van der Waals surface area contributed by atoms with Crippen molar-refractivity contribution in [3.63, 3.8) is 0 Å². The Morgan fingerprint density at radius 1 is 1.48 bits per heavy atom. The summed E-state index contributed by atoms with van der Waals surface area (Å²) in [6.45, 7) is 0.508. The second-order valence-corrected chi connectivity index (χ2v) is 6.49. The minimum atomic E-state index is -1.08. The molecule has 0 aliphatic carbocycles. The molecule has 6 nitrogen and oxygen atoms in total. The van der Waals surface area contributed by atoms with E-state index >= 15 is 0 Å². The predicted molar refractivity (Wildman–Crippen MR) is 85.1 cm³/mol. The number of halogens is 1. The number of carboxylic acid groups (broad SMARTS) is 1. The number of fused-ring (bicyclic) bond motifs is 1. The number of aromatic carboxylic acids is 1. The summed E-state index contributed by atoms with van der Waals surface area (Å²) in [7, 11) is 0. The van der Waals surface area contributed by atoms with E-state index in [2.05, 4.69) is 10.3 Å². The summed E-state index contributed by atoms with van der Waals surface area (Å²) in [5.41, 5.74) is 0.898. The Labute approximate surface area is 141 Å². The van der Waals surface area contributed by atoms with Crippen molar-refractivity contribution in [2.45, 2.75) is 13.0 Å². The summed E-state index contributed by atoms with van der Waals surface area (Å²) in [5, 5.41) is 14.2. The van der Waals surface area contributed by atoms with E-state index in [4.69, 9.17) is 21.4 Å². The monoisotopic (exact) mass is 352 g/mol. The molecule has 1 aliphatic rings. The van der Waals surface area contributed by atoms with Gasteiger partial charge in [-0.15, -0.1) is 11.3 Å². The van der Waals surface area contributed by atoms with E-state index in [1.165, 1.54) is 16.7 Å². The number of carbonyl (C=O) groups excluding carboxylic acids is 1. The molecule has 1 amide bonds. The Morgan fingerprint density at radius 3 is 3.04 bits per heavy atom. The van der Waals surface area contributed by atoms with Gasteiger partial charge in [0.2, 0.25) is 5.91 Å². The maximum Gasteiger partial charge on any atom is 0.355 e. The molecule has 2 aromatic rings. The van der Waals surface area contributed by atoms with E-state index in [1.807, 2.05) is 0 Å². The third kappa shape index (κ3) is 3.62. The first-order valence-corrected chi connectivity index (χ1v) is 8.15. The SMILES string of the molecule is O=C(O)c1csc(CNC(=O)C2COc3ccc(Cl)cc3C2)n1. The highest BCUT2D eigenvalue weighted by Gasteiger charge is 2.26. The first kappa shape index (κ1) is 15.8. The van der Waals surface area contributed by atoms with Crippen LogP contribution in [0.15, 0.2) is 23.6 Å². The van der Waals surface area contributed by atoms with E-state index in [0.29, 0.717) is 23.1 Å². The van der Waals surface area contributed by atoms with Crippen molar-refractivity contribution in [3.8, 4) is 5.75 Å². The number of aromatic nitrogens is 1. The fourth-order valence-electron chi connectivity index (χ4n) is 2.33. The Hall–Kier alpha value is -2.12. The van der Waals surface area contributed by atoms with Crippen LogP contribution in [0, 0.1) is 5.92 Å². The zero-order valence-electron chi connectivity index (χ0n) is 11.9. The van der Waals surface area contributed by atoms with Gasteiger partial charge in [-0.2, -0.15) is 0 Å². The number of nitrogens with zero attached hydrogens (tertiary/aromatic N) is 1. The molecule has 0 saturated heterocycles. The van der Waals surface area contributed by atoms with Crippen LogP contribution in [0.25, 0.3) is 0 Å². The normalized spacial score (nSPS) is 16.3. The number of hydrogen-bond acceptors (Lipinski definition) is 5. The van der Waals surface area contributed by atoms with Gasteiger partial charge in [0.05, 0.1) is 12.5 Å². The lowest BCUT2D eigenvalue weighted by molar-refractivity contribution is -0.126. The number of rotatable bonds is 4. The highest BCUT2D eigenvalue weighted by molar-refractivity contribution is 7.09. The summed E-state index contributed by atoms with van der Waals surface area (Å²) in [6.07, 6.45) is 0.556. The molecule has 0 radical (unpaired) electrons. The minimum Gasteiger partial charge on any atom is -0.492 e. The molecule has 0 fully saturated rings. The van der Waals surface area contributed by atoms with Crippen LogP contribution in [0.4, 0.5) is 0 Å². The molecule has 23 heavy (non-hydrogen) atoms. The summed E-state index contributed by atoms with van der Waals surface area (Å²) in [4.78, 5) is 26.9. The largest absolute Gasteiger partial charge is 0.492 e. The zero-order valence-corrected chi connectivity index (χ0v) is 13.5. The predicted octanol–water partition coefficient (Wildman–Crippen LogP) is 2.36. The summed E-state index contributed by atoms with van der Waals surface area (Å²) < 4.78 is 5.59. The van der Waals surface area contributed by atoms with Gasteiger partial charge in [-0.25, -0.2) is 9.78 Å². The van der Waals surface area contributed by atoms with Crippen LogP contribution in [0.3, 0.4) is 0 Å². The van der Waals surface area contributed by atoms with Gasteiger partial charge in [-0.3, -0.25) is 4.79 Å². The van der Waals surface area contributed by atoms with Crippen molar-refractivity contribution in [2.75, 3.05) is 6.61 Å². The molecule has 2 N–H and O–H groups in total. The smallest absolute Gasteiger partial charge is 0.355 e. The van der Waals surface area contributed by atoms with E-state index < -0.39 is 5.97 Å². The van der Waals surface area contributed by atoms with Crippen molar-refractivity contribution in [1.29, 1.82) is 0 Å². The summed E-state index contributed by atoms with van der Waals surface area (Å²) in [5.74, 6) is -0.778. The highest BCUT2D eigenvalue weighted by atomic mass is 35.5. The lowest BCUT2D eigenvalue weighted by atomic mass is 9.96. The third-order valence-corrected chi connectivity index (χ3v) is 4.57. The van der Waals surface area contributed by atoms with Gasteiger partial charge in [0.1, 0.15) is 17.4 Å². The fraction of sp³-hybridized carbons (Fsp3) is 0.267. The number of thiazole rings is 1. The number of carboxylic acids is 1. The van der Waals surface area contributed by atoms with E-state index in [1.54, 1.807) is 18.2 Å². The van der Waals surface area contributed by atoms with E-state index in [0.717, 1.165) is 11.3 Å². The molecule has 120 valence electrons. The standard InChI is InChI=1S/C15H13ClN2O4S/c16-10-1-2-12-8(4-10)3-9(6-22-12)14(19)17-5-13-18-11(7-23-13)15(20)21/h1-2,4,7,9H,3,5-6H2,(H,17,19)(H,20,21). The van der Waals surface area contributed by atoms with Gasteiger partial charge in [0.25, 0.3) is 0 Å². The lowest BCUT2D eigenvalue weighted by Gasteiger charge is -2.24.